The van der Waals surface area contributed by atoms with E-state index in [1.54, 1.807) is 0 Å². The standard InChI is InChI=1S/C16H23N3O/c1-12-5-4-7-16(9-12,11-17)15(20)13-10-19-8-3-2-6-14(19)18-13/h2-3,6,8,10,12,15,20H,4-5,7,9,11,17H2,1H3. The third-order valence-electron chi connectivity index (χ3n) is 4.78. The maximum absolute atomic E-state index is 10.9. The number of pyridine rings is 1. The zero-order valence-electron chi connectivity index (χ0n) is 12.0. The van der Waals surface area contributed by atoms with Gasteiger partial charge in [0.2, 0.25) is 0 Å². The van der Waals surface area contributed by atoms with Gasteiger partial charge in [-0.3, -0.25) is 0 Å². The zero-order chi connectivity index (χ0) is 14.2. The van der Waals surface area contributed by atoms with E-state index in [4.69, 9.17) is 5.73 Å². The average molecular weight is 273 g/mol. The first-order chi connectivity index (χ1) is 9.64. The summed E-state index contributed by atoms with van der Waals surface area (Å²) in [7, 11) is 0. The third-order valence-corrected chi connectivity index (χ3v) is 4.78. The van der Waals surface area contributed by atoms with Crippen molar-refractivity contribution in [2.24, 2.45) is 17.1 Å². The van der Waals surface area contributed by atoms with E-state index >= 15 is 0 Å². The van der Waals surface area contributed by atoms with Crippen molar-refractivity contribution in [3.8, 4) is 0 Å². The minimum Gasteiger partial charge on any atom is -0.386 e. The Morgan fingerprint density at radius 1 is 1.55 bits per heavy atom. The maximum Gasteiger partial charge on any atom is 0.137 e. The molecular formula is C16H23N3O. The van der Waals surface area contributed by atoms with Crippen LogP contribution in [0.4, 0.5) is 0 Å². The fraction of sp³-hybridized carbons (Fsp3) is 0.562. The Kier molecular flexibility index (Phi) is 3.52. The van der Waals surface area contributed by atoms with E-state index in [0.717, 1.165) is 30.6 Å². The number of hydrogen-bond donors (Lipinski definition) is 2. The van der Waals surface area contributed by atoms with E-state index < -0.39 is 6.10 Å². The monoisotopic (exact) mass is 273 g/mol. The first-order valence-electron chi connectivity index (χ1n) is 7.46. The topological polar surface area (TPSA) is 63.5 Å². The van der Waals surface area contributed by atoms with Crippen molar-refractivity contribution in [3.05, 3.63) is 36.3 Å². The SMILES string of the molecule is CC1CCCC(CN)(C(O)c2cn3ccccc3n2)C1. The molecule has 4 nitrogen and oxygen atoms in total. The van der Waals surface area contributed by atoms with Gasteiger partial charge < -0.3 is 15.2 Å². The second-order valence-electron chi connectivity index (χ2n) is 6.30. The Labute approximate surface area is 119 Å². The summed E-state index contributed by atoms with van der Waals surface area (Å²) in [5, 5.41) is 10.9. The van der Waals surface area contributed by atoms with Crippen LogP contribution >= 0.6 is 0 Å². The molecule has 3 rings (SSSR count). The van der Waals surface area contributed by atoms with Crippen LogP contribution in [0.15, 0.2) is 30.6 Å². The molecule has 0 radical (unpaired) electrons. The van der Waals surface area contributed by atoms with Gasteiger partial charge in [0, 0.05) is 24.4 Å². The van der Waals surface area contributed by atoms with Gasteiger partial charge in [0.15, 0.2) is 0 Å². The quantitative estimate of drug-likeness (QED) is 0.903. The summed E-state index contributed by atoms with van der Waals surface area (Å²) in [6.45, 7) is 2.77. The summed E-state index contributed by atoms with van der Waals surface area (Å²) in [6.07, 6.45) is 7.66. The number of nitrogens with zero attached hydrogens (tertiary/aromatic N) is 2. The van der Waals surface area contributed by atoms with Gasteiger partial charge in [0.25, 0.3) is 0 Å². The van der Waals surface area contributed by atoms with Crippen LogP contribution in [0.5, 0.6) is 0 Å². The Balaban J connectivity index is 1.94. The lowest BCUT2D eigenvalue weighted by Crippen LogP contribution is -2.40. The maximum atomic E-state index is 10.9. The number of fused-ring (bicyclic) bond motifs is 1. The van der Waals surface area contributed by atoms with Crippen molar-refractivity contribution < 1.29 is 5.11 Å². The van der Waals surface area contributed by atoms with Crippen LogP contribution in [0.3, 0.4) is 0 Å². The summed E-state index contributed by atoms with van der Waals surface area (Å²) in [5.74, 6) is 0.624. The normalized spacial score (nSPS) is 28.6. The Hall–Kier alpha value is -1.39. The van der Waals surface area contributed by atoms with Crippen molar-refractivity contribution in [3.63, 3.8) is 0 Å². The third kappa shape index (κ3) is 2.23. The fourth-order valence-electron chi connectivity index (χ4n) is 3.65. The number of nitrogens with two attached hydrogens (primary N) is 1. The molecule has 1 fully saturated rings. The molecule has 2 heterocycles. The average Bonchev–Trinajstić information content (AvgIpc) is 2.90. The molecule has 3 N–H and O–H groups in total. The number of aliphatic hydroxyl groups is 1. The minimum absolute atomic E-state index is 0.213. The van der Waals surface area contributed by atoms with Crippen molar-refractivity contribution in [2.75, 3.05) is 6.54 Å². The molecule has 1 saturated carbocycles. The highest BCUT2D eigenvalue weighted by atomic mass is 16.3. The molecule has 1 aliphatic carbocycles. The lowest BCUT2D eigenvalue weighted by Gasteiger charge is -2.42. The van der Waals surface area contributed by atoms with Gasteiger partial charge in [0.05, 0.1) is 5.69 Å². The molecule has 2 aromatic heterocycles. The largest absolute Gasteiger partial charge is 0.386 e. The van der Waals surface area contributed by atoms with E-state index in [0.29, 0.717) is 12.5 Å². The van der Waals surface area contributed by atoms with Crippen LogP contribution in [-0.4, -0.2) is 21.0 Å². The lowest BCUT2D eigenvalue weighted by atomic mass is 9.66. The molecule has 20 heavy (non-hydrogen) atoms. The van der Waals surface area contributed by atoms with Crippen molar-refractivity contribution >= 4 is 5.65 Å². The second kappa shape index (κ2) is 5.19. The zero-order valence-corrected chi connectivity index (χ0v) is 12.0. The number of hydrogen-bond acceptors (Lipinski definition) is 3. The number of imidazole rings is 1. The molecule has 0 aromatic carbocycles. The molecule has 1 aliphatic rings. The van der Waals surface area contributed by atoms with E-state index in [2.05, 4.69) is 11.9 Å². The number of aromatic nitrogens is 2. The molecular weight excluding hydrogens is 250 g/mol. The predicted molar refractivity (Wildman–Crippen MR) is 79.3 cm³/mol. The van der Waals surface area contributed by atoms with E-state index in [1.807, 2.05) is 35.0 Å². The highest BCUT2D eigenvalue weighted by Gasteiger charge is 2.41. The van der Waals surface area contributed by atoms with Gasteiger partial charge >= 0.3 is 0 Å². The summed E-state index contributed by atoms with van der Waals surface area (Å²) in [4.78, 5) is 4.56. The highest BCUT2D eigenvalue weighted by Crippen LogP contribution is 2.46. The smallest absolute Gasteiger partial charge is 0.137 e. The van der Waals surface area contributed by atoms with E-state index in [9.17, 15) is 5.11 Å². The number of rotatable bonds is 3. The highest BCUT2D eigenvalue weighted by molar-refractivity contribution is 5.40. The molecule has 3 unspecified atom stereocenters. The molecule has 0 saturated heterocycles. The van der Waals surface area contributed by atoms with Crippen LogP contribution in [0.1, 0.15) is 44.4 Å². The van der Waals surface area contributed by atoms with Gasteiger partial charge in [-0.2, -0.15) is 0 Å². The van der Waals surface area contributed by atoms with E-state index in [-0.39, 0.29) is 5.41 Å². The van der Waals surface area contributed by atoms with Gasteiger partial charge in [0.1, 0.15) is 11.8 Å². The summed E-state index contributed by atoms with van der Waals surface area (Å²) >= 11 is 0. The first kappa shape index (κ1) is 13.6. The van der Waals surface area contributed by atoms with Gasteiger partial charge in [-0.1, -0.05) is 25.8 Å². The molecule has 4 heteroatoms. The molecule has 0 amide bonds. The molecule has 3 atom stereocenters. The summed E-state index contributed by atoms with van der Waals surface area (Å²) in [6, 6.07) is 5.88. The predicted octanol–water partition coefficient (Wildman–Crippen LogP) is 2.52. The van der Waals surface area contributed by atoms with Crippen molar-refractivity contribution in [1.29, 1.82) is 0 Å². The summed E-state index contributed by atoms with van der Waals surface area (Å²) < 4.78 is 1.95. The fourth-order valence-corrected chi connectivity index (χ4v) is 3.65. The summed E-state index contributed by atoms with van der Waals surface area (Å²) in [5.41, 5.74) is 7.44. The van der Waals surface area contributed by atoms with Crippen LogP contribution in [0.2, 0.25) is 0 Å². The molecule has 108 valence electrons. The van der Waals surface area contributed by atoms with Crippen LogP contribution < -0.4 is 5.73 Å². The van der Waals surface area contributed by atoms with Crippen LogP contribution in [0, 0.1) is 11.3 Å². The van der Waals surface area contributed by atoms with Gasteiger partial charge in [-0.05, 0) is 30.9 Å². The molecule has 0 bridgehead atoms. The van der Waals surface area contributed by atoms with Crippen LogP contribution in [-0.2, 0) is 0 Å². The lowest BCUT2D eigenvalue weighted by molar-refractivity contribution is -0.0153. The van der Waals surface area contributed by atoms with Gasteiger partial charge in [-0.15, -0.1) is 0 Å². The first-order valence-corrected chi connectivity index (χ1v) is 7.46. The van der Waals surface area contributed by atoms with E-state index in [1.165, 1.54) is 6.42 Å². The number of aliphatic hydroxyl groups excluding tert-OH is 1. The Bertz CT molecular complexity index is 561. The van der Waals surface area contributed by atoms with Crippen molar-refractivity contribution in [2.45, 2.75) is 38.7 Å². The van der Waals surface area contributed by atoms with Crippen molar-refractivity contribution in [1.82, 2.24) is 9.38 Å². The Morgan fingerprint density at radius 2 is 2.40 bits per heavy atom. The van der Waals surface area contributed by atoms with Crippen LogP contribution in [0.25, 0.3) is 5.65 Å². The van der Waals surface area contributed by atoms with Gasteiger partial charge in [-0.25, -0.2) is 4.98 Å². The second-order valence-corrected chi connectivity index (χ2v) is 6.30. The molecule has 0 aliphatic heterocycles. The minimum atomic E-state index is -0.574. The molecule has 0 spiro atoms. The molecule has 2 aromatic rings. The Morgan fingerprint density at radius 3 is 3.10 bits per heavy atom.